The minimum Gasteiger partial charge on any atom is -0.548 e. The molecular weight excluding hydrogens is 314 g/mol. The molecule has 0 bridgehead atoms. The Balaban J connectivity index is 2.91. The summed E-state index contributed by atoms with van der Waals surface area (Å²) in [6, 6.07) is -2.07. The maximum absolute atomic E-state index is 11.9. The molecule has 1 rings (SSSR count). The van der Waals surface area contributed by atoms with E-state index in [4.69, 9.17) is 0 Å². The van der Waals surface area contributed by atoms with Crippen LogP contribution >= 0.6 is 0 Å². The van der Waals surface area contributed by atoms with Crippen LogP contribution in [0, 0.1) is 5.92 Å². The summed E-state index contributed by atoms with van der Waals surface area (Å²) < 4.78 is 11.0. The first-order chi connectivity index (χ1) is 10.2. The standard InChI is InChI=1S/C12H17N3O6S/c1-14-9(16)7(10(17)15(2)12(14)20)6-13-8(11(18)19)4-5-22(3)21/h6-8H,4-5H2,1-3H3,(H,18,19)/p-1/t8-,22-/m1/s1. The predicted molar refractivity (Wildman–Crippen MR) is 75.3 cm³/mol. The fraction of sp³-hybridized carbons (Fsp3) is 0.583. The van der Waals surface area contributed by atoms with E-state index in [2.05, 4.69) is 4.99 Å². The van der Waals surface area contributed by atoms with Gasteiger partial charge in [-0.1, -0.05) is 0 Å². The van der Waals surface area contributed by atoms with Gasteiger partial charge in [0.1, 0.15) is 0 Å². The topological polar surface area (TPSA) is 127 Å². The first-order valence-corrected chi connectivity index (χ1v) is 8.02. The van der Waals surface area contributed by atoms with E-state index in [1.165, 1.54) is 20.4 Å². The number of amides is 4. The minimum atomic E-state index is -1.49. The van der Waals surface area contributed by atoms with Crippen LogP contribution in [-0.2, 0) is 25.2 Å². The smallest absolute Gasteiger partial charge is 0.332 e. The molecule has 0 N–H and O–H groups in total. The Labute approximate surface area is 129 Å². The van der Waals surface area contributed by atoms with E-state index in [-0.39, 0.29) is 12.2 Å². The van der Waals surface area contributed by atoms with Crippen LogP contribution in [0.1, 0.15) is 6.42 Å². The number of nitrogens with zero attached hydrogens (tertiary/aromatic N) is 3. The van der Waals surface area contributed by atoms with Crippen LogP contribution in [0.15, 0.2) is 4.99 Å². The number of aliphatic imine (C=N–C) groups is 1. The van der Waals surface area contributed by atoms with Gasteiger partial charge in [-0.25, -0.2) is 4.79 Å². The zero-order valence-electron chi connectivity index (χ0n) is 12.3. The van der Waals surface area contributed by atoms with Crippen LogP contribution in [0.3, 0.4) is 0 Å². The molecule has 1 fully saturated rings. The normalized spacial score (nSPS) is 19.9. The average molecular weight is 330 g/mol. The second-order valence-electron chi connectivity index (χ2n) is 4.75. The zero-order valence-corrected chi connectivity index (χ0v) is 13.2. The fourth-order valence-electron chi connectivity index (χ4n) is 1.78. The van der Waals surface area contributed by atoms with Gasteiger partial charge in [-0.3, -0.25) is 28.6 Å². The molecule has 0 aromatic carbocycles. The SMILES string of the molecule is CN1C(=O)C(C=N[C@H](CC[S@@](C)=O)C(=O)[O-])C(=O)N(C)C1=O. The van der Waals surface area contributed by atoms with Crippen molar-refractivity contribution < 1.29 is 28.5 Å². The molecule has 2 atom stereocenters. The Bertz CT molecular complexity index is 537. The molecule has 10 heteroatoms. The highest BCUT2D eigenvalue weighted by Crippen LogP contribution is 2.14. The lowest BCUT2D eigenvalue weighted by atomic mass is 10.1. The summed E-state index contributed by atoms with van der Waals surface area (Å²) in [6.07, 6.45) is 2.28. The van der Waals surface area contributed by atoms with Crippen LogP contribution in [0.2, 0.25) is 0 Å². The highest BCUT2D eigenvalue weighted by atomic mass is 32.2. The lowest BCUT2D eigenvalue weighted by molar-refractivity contribution is -0.307. The van der Waals surface area contributed by atoms with E-state index in [1.54, 1.807) is 0 Å². The minimum absolute atomic E-state index is 0.0400. The predicted octanol–water partition coefficient (Wildman–Crippen LogP) is -2.39. The molecule has 9 nitrogen and oxygen atoms in total. The van der Waals surface area contributed by atoms with Gasteiger partial charge in [-0.2, -0.15) is 0 Å². The Morgan fingerprint density at radius 2 is 1.82 bits per heavy atom. The average Bonchev–Trinajstić information content (AvgIpc) is 2.45. The van der Waals surface area contributed by atoms with Crippen molar-refractivity contribution in [3.8, 4) is 0 Å². The van der Waals surface area contributed by atoms with Gasteiger partial charge in [0.15, 0.2) is 5.92 Å². The number of hydrogen-bond acceptors (Lipinski definition) is 7. The Morgan fingerprint density at radius 3 is 2.23 bits per heavy atom. The number of rotatable bonds is 6. The van der Waals surface area contributed by atoms with Gasteiger partial charge in [-0.15, -0.1) is 0 Å². The molecule has 1 aliphatic heterocycles. The number of barbiturate groups is 1. The van der Waals surface area contributed by atoms with Gasteiger partial charge >= 0.3 is 6.03 Å². The maximum Gasteiger partial charge on any atom is 0.332 e. The monoisotopic (exact) mass is 330 g/mol. The van der Waals surface area contributed by atoms with Crippen LogP contribution in [0.5, 0.6) is 0 Å². The Morgan fingerprint density at radius 1 is 1.32 bits per heavy atom. The van der Waals surface area contributed by atoms with Gasteiger partial charge in [0.05, 0.1) is 12.0 Å². The van der Waals surface area contributed by atoms with E-state index in [1.807, 2.05) is 0 Å². The summed E-state index contributed by atoms with van der Waals surface area (Å²) in [6.45, 7) is 0. The first kappa shape index (κ1) is 18.0. The van der Waals surface area contributed by atoms with Crippen molar-refractivity contribution in [2.75, 3.05) is 26.1 Å². The van der Waals surface area contributed by atoms with Crippen LogP contribution < -0.4 is 5.11 Å². The second kappa shape index (κ2) is 7.25. The molecule has 122 valence electrons. The van der Waals surface area contributed by atoms with Crippen molar-refractivity contribution in [3.05, 3.63) is 0 Å². The summed E-state index contributed by atoms with van der Waals surface area (Å²) in [4.78, 5) is 51.5. The zero-order chi connectivity index (χ0) is 17.0. The molecular formula is C12H16N3O6S-. The highest BCUT2D eigenvalue weighted by Gasteiger charge is 2.41. The Hall–Kier alpha value is -2.10. The summed E-state index contributed by atoms with van der Waals surface area (Å²) in [5.41, 5.74) is 0. The molecule has 1 saturated heterocycles. The lowest BCUT2D eigenvalue weighted by Gasteiger charge is -2.31. The third kappa shape index (κ3) is 3.97. The molecule has 0 radical (unpaired) electrons. The van der Waals surface area contributed by atoms with Gasteiger partial charge in [0.2, 0.25) is 11.8 Å². The number of aliphatic carboxylic acids is 1. The molecule has 1 heterocycles. The molecule has 0 spiro atoms. The maximum atomic E-state index is 11.9. The molecule has 0 aromatic rings. The van der Waals surface area contributed by atoms with Crippen LogP contribution in [0.4, 0.5) is 4.79 Å². The summed E-state index contributed by atoms with van der Waals surface area (Å²) in [5, 5.41) is 11.0. The number of carboxylic acid groups (broad SMARTS) is 1. The van der Waals surface area contributed by atoms with Gasteiger partial charge in [0, 0.05) is 43.1 Å². The molecule has 0 unspecified atom stereocenters. The Kier molecular flexibility index (Phi) is 5.92. The quantitative estimate of drug-likeness (QED) is 0.395. The summed E-state index contributed by atoms with van der Waals surface area (Å²) in [7, 11) is 1.23. The third-order valence-corrected chi connectivity index (χ3v) is 3.94. The molecule has 22 heavy (non-hydrogen) atoms. The second-order valence-corrected chi connectivity index (χ2v) is 6.31. The molecule has 4 amide bonds. The van der Waals surface area contributed by atoms with E-state index in [9.17, 15) is 28.5 Å². The largest absolute Gasteiger partial charge is 0.548 e. The van der Waals surface area contributed by atoms with E-state index >= 15 is 0 Å². The number of carbonyl (C=O) groups excluding carboxylic acids is 4. The molecule has 0 aliphatic carbocycles. The highest BCUT2D eigenvalue weighted by molar-refractivity contribution is 7.84. The van der Waals surface area contributed by atoms with Gasteiger partial charge < -0.3 is 9.90 Å². The molecule has 0 aromatic heterocycles. The van der Waals surface area contributed by atoms with Gasteiger partial charge in [0.25, 0.3) is 0 Å². The molecule has 0 saturated carbocycles. The van der Waals surface area contributed by atoms with E-state index < -0.39 is 46.6 Å². The summed E-state index contributed by atoms with van der Waals surface area (Å²) >= 11 is 0. The lowest BCUT2D eigenvalue weighted by Crippen LogP contribution is -2.57. The number of urea groups is 1. The number of carbonyl (C=O) groups is 4. The van der Waals surface area contributed by atoms with Crippen molar-refractivity contribution >= 4 is 40.8 Å². The van der Waals surface area contributed by atoms with Crippen molar-refractivity contribution in [1.82, 2.24) is 9.80 Å². The van der Waals surface area contributed by atoms with Crippen LogP contribution in [-0.4, -0.2) is 76.2 Å². The van der Waals surface area contributed by atoms with Crippen molar-refractivity contribution in [2.24, 2.45) is 10.9 Å². The number of imide groups is 2. The fourth-order valence-corrected chi connectivity index (χ4v) is 2.34. The van der Waals surface area contributed by atoms with Crippen LogP contribution in [0.25, 0.3) is 0 Å². The summed E-state index contributed by atoms with van der Waals surface area (Å²) in [5.74, 6) is -4.32. The van der Waals surface area contributed by atoms with Crippen molar-refractivity contribution in [2.45, 2.75) is 12.5 Å². The van der Waals surface area contributed by atoms with E-state index in [0.717, 1.165) is 16.0 Å². The van der Waals surface area contributed by atoms with Crippen molar-refractivity contribution in [3.63, 3.8) is 0 Å². The first-order valence-electron chi connectivity index (χ1n) is 6.30. The van der Waals surface area contributed by atoms with E-state index in [0.29, 0.717) is 0 Å². The third-order valence-electron chi connectivity index (χ3n) is 3.13. The van der Waals surface area contributed by atoms with Crippen molar-refractivity contribution in [1.29, 1.82) is 0 Å². The number of hydrogen-bond donors (Lipinski definition) is 0. The van der Waals surface area contributed by atoms with Gasteiger partial charge in [-0.05, 0) is 6.42 Å². The molecule has 1 aliphatic rings. The number of carboxylic acids is 1.